The van der Waals surface area contributed by atoms with Gasteiger partial charge in [-0.2, -0.15) is 0 Å². The molecule has 0 heterocycles. The molecule has 9 heavy (non-hydrogen) atoms. The molecule has 48 valence electrons. The van der Waals surface area contributed by atoms with Crippen LogP contribution in [0.15, 0.2) is 30.3 Å². The molecule has 1 aromatic rings. The number of hydrogen-bond donors (Lipinski definition) is 0. The van der Waals surface area contributed by atoms with Gasteiger partial charge < -0.3 is 0 Å². The van der Waals surface area contributed by atoms with Crippen molar-refractivity contribution >= 4 is 13.2 Å². The summed E-state index contributed by atoms with van der Waals surface area (Å²) in [5.74, 6) is 0. The standard InChI is InChI=1S/C8H11P/c1-9(2)8-6-4-3-5-7-8/h3-7H,1-2H3. The quantitative estimate of drug-likeness (QED) is 0.521. The molecule has 1 heteroatoms. The van der Waals surface area contributed by atoms with Crippen LogP contribution < -0.4 is 5.30 Å². The summed E-state index contributed by atoms with van der Waals surface area (Å²) in [5, 5.41) is 1.48. The lowest BCUT2D eigenvalue weighted by Crippen LogP contribution is -1.95. The molecule has 1 rings (SSSR count). The number of hydrogen-bond acceptors (Lipinski definition) is 0. The molecule has 0 aliphatic carbocycles. The van der Waals surface area contributed by atoms with E-state index in [9.17, 15) is 0 Å². The Morgan fingerprint density at radius 1 is 1.00 bits per heavy atom. The van der Waals surface area contributed by atoms with Gasteiger partial charge in [0.05, 0.1) is 0 Å². The zero-order valence-electron chi connectivity index (χ0n) is 5.83. The van der Waals surface area contributed by atoms with Crippen LogP contribution in [-0.4, -0.2) is 13.3 Å². The summed E-state index contributed by atoms with van der Waals surface area (Å²) in [5.41, 5.74) is 0. The van der Waals surface area contributed by atoms with Crippen molar-refractivity contribution in [2.24, 2.45) is 0 Å². The third-order valence-corrected chi connectivity index (χ3v) is 2.60. The predicted molar refractivity (Wildman–Crippen MR) is 44.8 cm³/mol. The molecule has 0 spiro atoms. The molecule has 0 N–H and O–H groups in total. The van der Waals surface area contributed by atoms with Gasteiger partial charge in [-0.05, 0) is 18.6 Å². The summed E-state index contributed by atoms with van der Waals surface area (Å²) >= 11 is 0. The average molecular weight is 138 g/mol. The summed E-state index contributed by atoms with van der Waals surface area (Å²) in [7, 11) is 0.104. The molecule has 0 radical (unpaired) electrons. The molecule has 0 bridgehead atoms. The molecule has 0 aliphatic rings. The fraction of sp³-hybridized carbons (Fsp3) is 0.250. The molecular weight excluding hydrogens is 127 g/mol. The Hall–Kier alpha value is -0.350. The van der Waals surface area contributed by atoms with E-state index in [4.69, 9.17) is 0 Å². The van der Waals surface area contributed by atoms with Crippen molar-refractivity contribution in [1.82, 2.24) is 0 Å². The van der Waals surface area contributed by atoms with Crippen molar-refractivity contribution in [3.63, 3.8) is 0 Å². The first-order valence-electron chi connectivity index (χ1n) is 3.03. The summed E-state index contributed by atoms with van der Waals surface area (Å²) in [6.07, 6.45) is 0. The van der Waals surface area contributed by atoms with E-state index >= 15 is 0 Å². The van der Waals surface area contributed by atoms with Gasteiger partial charge in [-0.25, -0.2) is 0 Å². The van der Waals surface area contributed by atoms with Gasteiger partial charge >= 0.3 is 0 Å². The van der Waals surface area contributed by atoms with E-state index in [1.54, 1.807) is 0 Å². The number of rotatable bonds is 1. The average Bonchev–Trinajstić information content (AvgIpc) is 1.90. The van der Waals surface area contributed by atoms with Crippen molar-refractivity contribution in [2.75, 3.05) is 13.3 Å². The SMILES string of the molecule is CP(C)c1ccccc1. The van der Waals surface area contributed by atoms with E-state index in [2.05, 4.69) is 43.7 Å². The monoisotopic (exact) mass is 138 g/mol. The van der Waals surface area contributed by atoms with Crippen LogP contribution in [0, 0.1) is 0 Å². The van der Waals surface area contributed by atoms with E-state index in [1.165, 1.54) is 5.30 Å². The van der Waals surface area contributed by atoms with Gasteiger partial charge in [0.25, 0.3) is 0 Å². The second-order valence-electron chi connectivity index (χ2n) is 2.23. The summed E-state index contributed by atoms with van der Waals surface area (Å²) < 4.78 is 0. The van der Waals surface area contributed by atoms with Crippen LogP contribution in [0.3, 0.4) is 0 Å². The Morgan fingerprint density at radius 2 is 1.56 bits per heavy atom. The molecule has 0 nitrogen and oxygen atoms in total. The molecule has 1 aromatic carbocycles. The summed E-state index contributed by atoms with van der Waals surface area (Å²) in [4.78, 5) is 0. The van der Waals surface area contributed by atoms with Gasteiger partial charge in [-0.1, -0.05) is 38.3 Å². The van der Waals surface area contributed by atoms with Gasteiger partial charge in [0.15, 0.2) is 0 Å². The highest BCUT2D eigenvalue weighted by Gasteiger charge is 1.92. The highest BCUT2D eigenvalue weighted by molar-refractivity contribution is 7.64. The Morgan fingerprint density at radius 3 is 1.89 bits per heavy atom. The van der Waals surface area contributed by atoms with Crippen molar-refractivity contribution in [2.45, 2.75) is 0 Å². The second kappa shape index (κ2) is 2.98. The molecule has 0 atom stereocenters. The highest BCUT2D eigenvalue weighted by Crippen LogP contribution is 2.22. The van der Waals surface area contributed by atoms with E-state index in [-0.39, 0.29) is 7.92 Å². The van der Waals surface area contributed by atoms with Crippen LogP contribution in [-0.2, 0) is 0 Å². The zero-order valence-corrected chi connectivity index (χ0v) is 6.73. The Bertz CT molecular complexity index is 167. The third-order valence-electron chi connectivity index (χ3n) is 1.27. The molecule has 0 unspecified atom stereocenters. The lowest BCUT2D eigenvalue weighted by atomic mass is 10.4. The minimum Gasteiger partial charge on any atom is -0.0817 e. The maximum Gasteiger partial charge on any atom is -0.0246 e. The van der Waals surface area contributed by atoms with E-state index in [0.29, 0.717) is 0 Å². The van der Waals surface area contributed by atoms with Crippen molar-refractivity contribution < 1.29 is 0 Å². The first-order valence-corrected chi connectivity index (χ1v) is 5.26. The molecule has 0 aromatic heterocycles. The van der Waals surface area contributed by atoms with Crippen LogP contribution >= 0.6 is 7.92 Å². The fourth-order valence-corrected chi connectivity index (χ4v) is 1.49. The summed E-state index contributed by atoms with van der Waals surface area (Å²) in [6.45, 7) is 4.54. The maximum absolute atomic E-state index is 2.27. The molecule has 0 fully saturated rings. The van der Waals surface area contributed by atoms with Crippen LogP contribution in [0.4, 0.5) is 0 Å². The van der Waals surface area contributed by atoms with Crippen LogP contribution in [0.5, 0.6) is 0 Å². The van der Waals surface area contributed by atoms with Crippen molar-refractivity contribution in [1.29, 1.82) is 0 Å². The third kappa shape index (κ3) is 1.80. The second-order valence-corrected chi connectivity index (χ2v) is 4.54. The number of benzene rings is 1. The van der Waals surface area contributed by atoms with Crippen LogP contribution in [0.25, 0.3) is 0 Å². The van der Waals surface area contributed by atoms with Crippen molar-refractivity contribution in [3.05, 3.63) is 30.3 Å². The topological polar surface area (TPSA) is 0 Å². The fourth-order valence-electron chi connectivity index (χ4n) is 0.726. The molecule has 0 saturated heterocycles. The Kier molecular flexibility index (Phi) is 2.24. The van der Waals surface area contributed by atoms with E-state index in [1.807, 2.05) is 0 Å². The van der Waals surface area contributed by atoms with E-state index < -0.39 is 0 Å². The van der Waals surface area contributed by atoms with Crippen LogP contribution in [0.1, 0.15) is 0 Å². The highest BCUT2D eigenvalue weighted by atomic mass is 31.1. The molecule has 0 aliphatic heterocycles. The normalized spacial score (nSPS) is 10.1. The van der Waals surface area contributed by atoms with Crippen molar-refractivity contribution in [3.8, 4) is 0 Å². The largest absolute Gasteiger partial charge is 0.0817 e. The maximum atomic E-state index is 2.27. The molecule has 0 amide bonds. The lowest BCUT2D eigenvalue weighted by Gasteiger charge is -2.02. The van der Waals surface area contributed by atoms with Gasteiger partial charge in [-0.15, -0.1) is 0 Å². The van der Waals surface area contributed by atoms with Gasteiger partial charge in [-0.3, -0.25) is 0 Å². The molecular formula is C8H11P. The Balaban J connectivity index is 2.85. The Labute approximate surface area is 57.7 Å². The summed E-state index contributed by atoms with van der Waals surface area (Å²) in [6, 6.07) is 10.6. The minimum atomic E-state index is 0.104. The van der Waals surface area contributed by atoms with E-state index in [0.717, 1.165) is 0 Å². The van der Waals surface area contributed by atoms with Gasteiger partial charge in [0.1, 0.15) is 0 Å². The first kappa shape index (κ1) is 6.77. The van der Waals surface area contributed by atoms with Gasteiger partial charge in [0.2, 0.25) is 0 Å². The zero-order chi connectivity index (χ0) is 6.69. The lowest BCUT2D eigenvalue weighted by molar-refractivity contribution is 1.77. The predicted octanol–water partition coefficient (Wildman–Crippen LogP) is 2.05. The first-order chi connectivity index (χ1) is 4.30. The molecule has 0 saturated carbocycles. The van der Waals surface area contributed by atoms with Gasteiger partial charge in [0, 0.05) is 0 Å². The van der Waals surface area contributed by atoms with Crippen LogP contribution in [0.2, 0.25) is 0 Å². The minimum absolute atomic E-state index is 0.104. The smallest absolute Gasteiger partial charge is 0.0246 e.